The lowest BCUT2D eigenvalue weighted by Gasteiger charge is -2.12. The zero-order valence-corrected chi connectivity index (χ0v) is 10.7. The van der Waals surface area contributed by atoms with E-state index in [0.717, 1.165) is 28.7 Å². The van der Waals surface area contributed by atoms with Crippen LogP contribution in [0.25, 0.3) is 11.1 Å². The molecule has 2 aromatic carbocycles. The third kappa shape index (κ3) is 3.10. The monoisotopic (exact) mass is 252 g/mol. The molecule has 96 valence electrons. The first-order valence-corrected chi connectivity index (χ1v) is 6.21. The summed E-state index contributed by atoms with van der Waals surface area (Å²) in [4.78, 5) is 10.9. The van der Waals surface area contributed by atoms with E-state index in [2.05, 4.69) is 12.6 Å². The number of aliphatic carboxylic acids is 1. The summed E-state index contributed by atoms with van der Waals surface area (Å²) in [7, 11) is 0. The highest BCUT2D eigenvalue weighted by Crippen LogP contribution is 2.28. The fourth-order valence-electron chi connectivity index (χ4n) is 2.22. The van der Waals surface area contributed by atoms with Crippen LogP contribution in [0.3, 0.4) is 0 Å². The number of hydrogen-bond acceptors (Lipinski definition) is 1. The summed E-state index contributed by atoms with van der Waals surface area (Å²) in [6.07, 6.45) is 2.68. The minimum atomic E-state index is -0.811. The van der Waals surface area contributed by atoms with Gasteiger partial charge in [-0.1, -0.05) is 54.6 Å². The van der Waals surface area contributed by atoms with Gasteiger partial charge in [0, 0.05) is 0 Å². The number of rotatable bonds is 5. The third-order valence-corrected chi connectivity index (χ3v) is 3.03. The van der Waals surface area contributed by atoms with E-state index in [1.165, 1.54) is 0 Å². The SMILES string of the molecule is C=CCc1ccccc1-c1ccccc1CC(=O)O. The third-order valence-electron chi connectivity index (χ3n) is 3.03. The lowest BCUT2D eigenvalue weighted by atomic mass is 9.93. The number of allylic oxidation sites excluding steroid dienone is 1. The molecule has 0 saturated carbocycles. The molecule has 0 atom stereocenters. The standard InChI is InChI=1S/C17H16O2/c1-2-7-13-8-3-5-10-15(13)16-11-6-4-9-14(16)12-17(18)19/h2-6,8-11H,1,7,12H2,(H,18,19). The molecule has 0 amide bonds. The first kappa shape index (κ1) is 13.1. The number of hydrogen-bond donors (Lipinski definition) is 1. The van der Waals surface area contributed by atoms with Crippen molar-refractivity contribution in [1.82, 2.24) is 0 Å². The maximum Gasteiger partial charge on any atom is 0.307 e. The minimum absolute atomic E-state index is 0.0403. The van der Waals surface area contributed by atoms with Gasteiger partial charge >= 0.3 is 5.97 Å². The zero-order valence-electron chi connectivity index (χ0n) is 10.7. The summed E-state index contributed by atoms with van der Waals surface area (Å²) < 4.78 is 0. The zero-order chi connectivity index (χ0) is 13.7. The van der Waals surface area contributed by atoms with Crippen molar-refractivity contribution < 1.29 is 9.90 Å². The predicted octanol–water partition coefficient (Wildman–Crippen LogP) is 3.71. The molecule has 0 unspecified atom stereocenters. The first-order chi connectivity index (χ1) is 9.22. The van der Waals surface area contributed by atoms with Gasteiger partial charge in [-0.25, -0.2) is 0 Å². The minimum Gasteiger partial charge on any atom is -0.481 e. The molecule has 19 heavy (non-hydrogen) atoms. The largest absolute Gasteiger partial charge is 0.481 e. The molecule has 0 saturated heterocycles. The van der Waals surface area contributed by atoms with Crippen molar-refractivity contribution in [2.24, 2.45) is 0 Å². The molecule has 2 aromatic rings. The van der Waals surface area contributed by atoms with Crippen LogP contribution in [0, 0.1) is 0 Å². The van der Waals surface area contributed by atoms with Crippen molar-refractivity contribution in [3.05, 3.63) is 72.3 Å². The van der Waals surface area contributed by atoms with E-state index in [9.17, 15) is 4.79 Å². The van der Waals surface area contributed by atoms with Crippen LogP contribution < -0.4 is 0 Å². The highest BCUT2D eigenvalue weighted by molar-refractivity contribution is 5.78. The van der Waals surface area contributed by atoms with Gasteiger partial charge in [0.15, 0.2) is 0 Å². The van der Waals surface area contributed by atoms with Crippen molar-refractivity contribution >= 4 is 5.97 Å². The first-order valence-electron chi connectivity index (χ1n) is 6.21. The molecule has 2 nitrogen and oxygen atoms in total. The molecule has 2 rings (SSSR count). The Morgan fingerprint density at radius 1 is 1.00 bits per heavy atom. The summed E-state index contributed by atoms with van der Waals surface area (Å²) >= 11 is 0. The molecule has 2 heteroatoms. The van der Waals surface area contributed by atoms with Crippen molar-refractivity contribution in [3.8, 4) is 11.1 Å². The summed E-state index contributed by atoms with van der Waals surface area (Å²) in [5, 5.41) is 8.99. The normalized spacial score (nSPS) is 10.1. The Labute approximate surface area is 113 Å². The van der Waals surface area contributed by atoms with Crippen molar-refractivity contribution in [2.45, 2.75) is 12.8 Å². The number of benzene rings is 2. The van der Waals surface area contributed by atoms with E-state index >= 15 is 0 Å². The lowest BCUT2D eigenvalue weighted by Crippen LogP contribution is -2.02. The fraction of sp³-hybridized carbons (Fsp3) is 0.118. The van der Waals surface area contributed by atoms with Crippen molar-refractivity contribution in [3.63, 3.8) is 0 Å². The van der Waals surface area contributed by atoms with Crippen LogP contribution in [0.1, 0.15) is 11.1 Å². The molecule has 0 radical (unpaired) electrons. The molecule has 0 aliphatic rings. The fourth-order valence-corrected chi connectivity index (χ4v) is 2.22. The molecule has 0 heterocycles. The average Bonchev–Trinajstić information content (AvgIpc) is 2.40. The highest BCUT2D eigenvalue weighted by atomic mass is 16.4. The van der Waals surface area contributed by atoms with E-state index in [-0.39, 0.29) is 6.42 Å². The second-order valence-electron chi connectivity index (χ2n) is 4.38. The molecule has 0 fully saturated rings. The molecular formula is C17H16O2. The quantitative estimate of drug-likeness (QED) is 0.824. The number of carbonyl (C=O) groups is 1. The van der Waals surface area contributed by atoms with Crippen LogP contribution in [-0.4, -0.2) is 11.1 Å². The van der Waals surface area contributed by atoms with Gasteiger partial charge in [0.25, 0.3) is 0 Å². The van der Waals surface area contributed by atoms with Crippen LogP contribution in [0.15, 0.2) is 61.2 Å². The molecule has 0 aromatic heterocycles. The van der Waals surface area contributed by atoms with Gasteiger partial charge in [-0.05, 0) is 28.7 Å². The lowest BCUT2D eigenvalue weighted by molar-refractivity contribution is -0.136. The van der Waals surface area contributed by atoms with E-state index < -0.39 is 5.97 Å². The summed E-state index contributed by atoms with van der Waals surface area (Å²) in [6.45, 7) is 3.77. The summed E-state index contributed by atoms with van der Waals surface area (Å²) in [5.41, 5.74) is 4.07. The maximum absolute atomic E-state index is 10.9. The maximum atomic E-state index is 10.9. The molecular weight excluding hydrogens is 236 g/mol. The summed E-state index contributed by atoms with van der Waals surface area (Å²) in [6, 6.07) is 15.7. The highest BCUT2D eigenvalue weighted by Gasteiger charge is 2.10. The Morgan fingerprint density at radius 3 is 2.11 bits per heavy atom. The molecule has 0 aliphatic heterocycles. The van der Waals surface area contributed by atoms with Gasteiger partial charge in [0.2, 0.25) is 0 Å². The number of carboxylic acid groups (broad SMARTS) is 1. The molecule has 0 aliphatic carbocycles. The Hall–Kier alpha value is -2.35. The molecule has 1 N–H and O–H groups in total. The smallest absolute Gasteiger partial charge is 0.307 e. The average molecular weight is 252 g/mol. The Bertz CT molecular complexity index is 600. The molecule has 0 bridgehead atoms. The van der Waals surface area contributed by atoms with Gasteiger partial charge in [-0.2, -0.15) is 0 Å². The van der Waals surface area contributed by atoms with E-state index in [1.54, 1.807) is 0 Å². The topological polar surface area (TPSA) is 37.3 Å². The van der Waals surface area contributed by atoms with Crippen molar-refractivity contribution in [2.75, 3.05) is 0 Å². The Balaban J connectivity index is 2.52. The van der Waals surface area contributed by atoms with E-state index in [0.29, 0.717) is 0 Å². The molecule has 0 spiro atoms. The Morgan fingerprint density at radius 2 is 1.53 bits per heavy atom. The van der Waals surface area contributed by atoms with Crippen LogP contribution in [0.2, 0.25) is 0 Å². The van der Waals surface area contributed by atoms with Crippen LogP contribution >= 0.6 is 0 Å². The van der Waals surface area contributed by atoms with Gasteiger partial charge < -0.3 is 5.11 Å². The van der Waals surface area contributed by atoms with Crippen LogP contribution in [0.5, 0.6) is 0 Å². The van der Waals surface area contributed by atoms with Gasteiger partial charge in [0.05, 0.1) is 6.42 Å². The second kappa shape index (κ2) is 6.01. The van der Waals surface area contributed by atoms with Crippen LogP contribution in [0.4, 0.5) is 0 Å². The van der Waals surface area contributed by atoms with E-state index in [1.807, 2.05) is 48.5 Å². The predicted molar refractivity (Wildman–Crippen MR) is 77.1 cm³/mol. The van der Waals surface area contributed by atoms with Gasteiger partial charge in [-0.3, -0.25) is 4.79 Å². The second-order valence-corrected chi connectivity index (χ2v) is 4.38. The van der Waals surface area contributed by atoms with E-state index in [4.69, 9.17) is 5.11 Å². The van der Waals surface area contributed by atoms with Crippen LogP contribution in [-0.2, 0) is 17.6 Å². The van der Waals surface area contributed by atoms with Gasteiger partial charge in [0.1, 0.15) is 0 Å². The Kier molecular flexibility index (Phi) is 4.14. The van der Waals surface area contributed by atoms with Crippen molar-refractivity contribution in [1.29, 1.82) is 0 Å². The summed E-state index contributed by atoms with van der Waals surface area (Å²) in [5.74, 6) is -0.811. The number of carboxylic acids is 1. The van der Waals surface area contributed by atoms with Gasteiger partial charge in [-0.15, -0.1) is 6.58 Å².